The molecule has 4 rings (SSSR count). The molecule has 2 N–H and O–H groups in total. The van der Waals surface area contributed by atoms with Crippen LogP contribution in [0, 0.1) is 11.8 Å². The van der Waals surface area contributed by atoms with Crippen molar-refractivity contribution < 1.29 is 19.8 Å². The average Bonchev–Trinajstić information content (AvgIpc) is 3.04. The number of para-hydroxylation sites is 1. The number of benzene rings is 2. The first kappa shape index (κ1) is 21.2. The van der Waals surface area contributed by atoms with E-state index in [-0.39, 0.29) is 29.6 Å². The fourth-order valence-corrected chi connectivity index (χ4v) is 4.87. The van der Waals surface area contributed by atoms with E-state index in [0.29, 0.717) is 6.42 Å². The Morgan fingerprint density at radius 3 is 2.68 bits per heavy atom. The fraction of sp³-hybridized carbons (Fsp3) is 0.346. The lowest BCUT2D eigenvalue weighted by Crippen LogP contribution is -2.21. The third kappa shape index (κ3) is 4.83. The number of hydrogen-bond donors (Lipinski definition) is 2. The molecule has 0 amide bonds. The predicted molar refractivity (Wildman–Crippen MR) is 119 cm³/mol. The highest BCUT2D eigenvalue weighted by atomic mass is 16.4. The minimum absolute atomic E-state index is 0.0434. The van der Waals surface area contributed by atoms with E-state index < -0.39 is 12.1 Å². The normalized spacial score (nSPS) is 20.9. The van der Waals surface area contributed by atoms with Gasteiger partial charge in [-0.05, 0) is 67.3 Å². The van der Waals surface area contributed by atoms with Gasteiger partial charge in [-0.2, -0.15) is 0 Å². The Bertz CT molecular complexity index is 1090. The number of ketones is 1. The van der Waals surface area contributed by atoms with Crippen molar-refractivity contribution >= 4 is 22.7 Å². The number of aliphatic hydroxyl groups excluding tert-OH is 1. The van der Waals surface area contributed by atoms with Gasteiger partial charge in [-0.15, -0.1) is 0 Å². The van der Waals surface area contributed by atoms with E-state index in [1.165, 1.54) is 0 Å². The summed E-state index contributed by atoms with van der Waals surface area (Å²) in [5.74, 6) is -0.961. The molecule has 1 aliphatic carbocycles. The SMILES string of the molecule is O=C(O)c1cccc(CCC[C@H]2C(O)CC(=O)[C@@H]2CCc2cccc3cccnc23)c1. The maximum Gasteiger partial charge on any atom is 0.335 e. The van der Waals surface area contributed by atoms with E-state index in [4.69, 9.17) is 5.11 Å². The summed E-state index contributed by atoms with van der Waals surface area (Å²) in [4.78, 5) is 28.3. The maximum absolute atomic E-state index is 12.6. The van der Waals surface area contributed by atoms with Crippen molar-refractivity contribution in [2.75, 3.05) is 0 Å². The Morgan fingerprint density at radius 2 is 1.84 bits per heavy atom. The lowest BCUT2D eigenvalue weighted by molar-refractivity contribution is -0.121. The van der Waals surface area contributed by atoms with E-state index in [1.54, 1.807) is 24.4 Å². The summed E-state index contributed by atoms with van der Waals surface area (Å²) in [5.41, 5.74) is 3.37. The quantitative estimate of drug-likeness (QED) is 0.565. The van der Waals surface area contributed by atoms with E-state index in [0.717, 1.165) is 47.7 Å². The molecule has 0 bridgehead atoms. The number of nitrogens with zero attached hydrogens (tertiary/aromatic N) is 1. The number of carbonyl (C=O) groups excluding carboxylic acids is 1. The Labute approximate surface area is 181 Å². The van der Waals surface area contributed by atoms with Crippen LogP contribution in [0.4, 0.5) is 0 Å². The number of fused-ring (bicyclic) bond motifs is 1. The van der Waals surface area contributed by atoms with Gasteiger partial charge in [-0.1, -0.05) is 36.4 Å². The zero-order valence-corrected chi connectivity index (χ0v) is 17.4. The Hall–Kier alpha value is -3.05. The first-order valence-electron chi connectivity index (χ1n) is 10.9. The number of carboxylic acid groups (broad SMARTS) is 1. The van der Waals surface area contributed by atoms with Gasteiger partial charge in [0.1, 0.15) is 5.78 Å². The molecular formula is C26H27NO4. The molecule has 5 heteroatoms. The van der Waals surface area contributed by atoms with Crippen LogP contribution in [0.25, 0.3) is 10.9 Å². The molecule has 31 heavy (non-hydrogen) atoms. The molecule has 3 aromatic rings. The smallest absolute Gasteiger partial charge is 0.335 e. The van der Waals surface area contributed by atoms with Gasteiger partial charge in [0.25, 0.3) is 0 Å². The highest BCUT2D eigenvalue weighted by Crippen LogP contribution is 2.36. The van der Waals surface area contributed by atoms with Crippen molar-refractivity contribution in [1.82, 2.24) is 4.98 Å². The Balaban J connectivity index is 1.39. The van der Waals surface area contributed by atoms with Gasteiger partial charge >= 0.3 is 5.97 Å². The molecule has 0 radical (unpaired) electrons. The second kappa shape index (κ2) is 9.40. The zero-order chi connectivity index (χ0) is 21.8. The second-order valence-corrected chi connectivity index (χ2v) is 8.44. The van der Waals surface area contributed by atoms with Crippen LogP contribution in [0.15, 0.2) is 60.8 Å². The van der Waals surface area contributed by atoms with Crippen LogP contribution in [0.1, 0.15) is 47.2 Å². The number of Topliss-reactive ketones (excluding diaryl/α,β-unsaturated/α-hetero) is 1. The van der Waals surface area contributed by atoms with Crippen LogP contribution in [-0.4, -0.2) is 33.1 Å². The van der Waals surface area contributed by atoms with Crippen LogP contribution in [-0.2, 0) is 17.6 Å². The van der Waals surface area contributed by atoms with Gasteiger partial charge in [0.05, 0.1) is 17.2 Å². The molecular weight excluding hydrogens is 390 g/mol. The number of rotatable bonds is 8. The Kier molecular flexibility index (Phi) is 6.42. The van der Waals surface area contributed by atoms with Crippen molar-refractivity contribution in [3.05, 3.63) is 77.5 Å². The van der Waals surface area contributed by atoms with Gasteiger partial charge in [0, 0.05) is 23.9 Å². The molecule has 0 saturated heterocycles. The number of carbonyl (C=O) groups is 2. The highest BCUT2D eigenvalue weighted by molar-refractivity contribution is 5.87. The Morgan fingerprint density at radius 1 is 1.03 bits per heavy atom. The minimum Gasteiger partial charge on any atom is -0.478 e. The summed E-state index contributed by atoms with van der Waals surface area (Å²) in [7, 11) is 0. The van der Waals surface area contributed by atoms with Crippen molar-refractivity contribution in [3.8, 4) is 0 Å². The van der Waals surface area contributed by atoms with Crippen molar-refractivity contribution in [3.63, 3.8) is 0 Å². The third-order valence-corrected chi connectivity index (χ3v) is 6.45. The third-order valence-electron chi connectivity index (χ3n) is 6.45. The average molecular weight is 418 g/mol. The van der Waals surface area contributed by atoms with Gasteiger partial charge in [0.2, 0.25) is 0 Å². The first-order valence-corrected chi connectivity index (χ1v) is 10.9. The molecule has 0 aliphatic heterocycles. The number of aromatic carboxylic acids is 1. The monoisotopic (exact) mass is 417 g/mol. The summed E-state index contributed by atoms with van der Waals surface area (Å²) in [6.45, 7) is 0. The second-order valence-electron chi connectivity index (χ2n) is 8.44. The molecule has 1 unspecified atom stereocenters. The molecule has 160 valence electrons. The fourth-order valence-electron chi connectivity index (χ4n) is 4.87. The van der Waals surface area contributed by atoms with Gasteiger partial charge in [-0.3, -0.25) is 9.78 Å². The van der Waals surface area contributed by atoms with Gasteiger partial charge < -0.3 is 10.2 Å². The minimum atomic E-state index is -0.929. The lowest BCUT2D eigenvalue weighted by Gasteiger charge is -2.21. The standard InChI is InChI=1S/C26H27NO4/c28-23-16-24(29)22(13-12-19-8-3-7-18-10-4-14-27-25(18)19)21(23)11-2-6-17-5-1-9-20(15-17)26(30)31/h1,3-5,7-10,14-15,21-23,28H,2,6,11-13,16H2,(H,30,31)/t21-,22-,23?/m1/s1. The topological polar surface area (TPSA) is 87.5 Å². The molecule has 1 aliphatic rings. The number of hydrogen-bond acceptors (Lipinski definition) is 4. The maximum atomic E-state index is 12.6. The summed E-state index contributed by atoms with van der Waals surface area (Å²) < 4.78 is 0. The number of carboxylic acids is 1. The van der Waals surface area contributed by atoms with Crippen LogP contribution >= 0.6 is 0 Å². The van der Waals surface area contributed by atoms with Crippen LogP contribution in [0.5, 0.6) is 0 Å². The molecule has 1 heterocycles. The van der Waals surface area contributed by atoms with Gasteiger partial charge in [0.15, 0.2) is 0 Å². The molecule has 0 spiro atoms. The van der Waals surface area contributed by atoms with Crippen LogP contribution < -0.4 is 0 Å². The molecule has 3 atom stereocenters. The molecule has 2 aromatic carbocycles. The van der Waals surface area contributed by atoms with E-state index in [2.05, 4.69) is 11.1 Å². The van der Waals surface area contributed by atoms with Crippen molar-refractivity contribution in [1.29, 1.82) is 0 Å². The van der Waals surface area contributed by atoms with E-state index >= 15 is 0 Å². The van der Waals surface area contributed by atoms with Gasteiger partial charge in [-0.25, -0.2) is 4.79 Å². The van der Waals surface area contributed by atoms with Crippen molar-refractivity contribution in [2.24, 2.45) is 11.8 Å². The lowest BCUT2D eigenvalue weighted by atomic mass is 9.84. The van der Waals surface area contributed by atoms with E-state index in [1.807, 2.05) is 30.3 Å². The largest absolute Gasteiger partial charge is 0.478 e. The van der Waals surface area contributed by atoms with Crippen LogP contribution in [0.2, 0.25) is 0 Å². The highest BCUT2D eigenvalue weighted by Gasteiger charge is 2.40. The van der Waals surface area contributed by atoms with E-state index in [9.17, 15) is 14.7 Å². The molecule has 1 fully saturated rings. The van der Waals surface area contributed by atoms with Crippen molar-refractivity contribution in [2.45, 2.75) is 44.6 Å². The number of aryl methyl sites for hydroxylation is 2. The molecule has 1 aromatic heterocycles. The number of aliphatic hydroxyl groups is 1. The predicted octanol–water partition coefficient (Wildman–Crippen LogP) is 4.45. The summed E-state index contributed by atoms with van der Waals surface area (Å²) >= 11 is 0. The number of pyridine rings is 1. The summed E-state index contributed by atoms with van der Waals surface area (Å²) in [6, 6.07) is 17.1. The molecule has 5 nitrogen and oxygen atoms in total. The van der Waals surface area contributed by atoms with Crippen LogP contribution in [0.3, 0.4) is 0 Å². The number of aromatic nitrogens is 1. The zero-order valence-electron chi connectivity index (χ0n) is 17.4. The summed E-state index contributed by atoms with van der Waals surface area (Å²) in [6.07, 6.45) is 5.20. The summed E-state index contributed by atoms with van der Waals surface area (Å²) in [5, 5.41) is 20.7. The first-order chi connectivity index (χ1) is 15.0. The molecule has 1 saturated carbocycles.